The summed E-state index contributed by atoms with van der Waals surface area (Å²) in [6.45, 7) is 6.13. The third kappa shape index (κ3) is 4.17. The van der Waals surface area contributed by atoms with Crippen LogP contribution in [0.1, 0.15) is 46.9 Å². The highest BCUT2D eigenvalue weighted by atomic mass is 16.1. The fourth-order valence-corrected chi connectivity index (χ4v) is 2.51. The van der Waals surface area contributed by atoms with E-state index in [2.05, 4.69) is 17.2 Å². The van der Waals surface area contributed by atoms with Crippen molar-refractivity contribution in [1.29, 1.82) is 0 Å². The lowest BCUT2D eigenvalue weighted by atomic mass is 10.0. The topological polar surface area (TPSA) is 42.0 Å². The molecule has 0 saturated carbocycles. The van der Waals surface area contributed by atoms with Gasteiger partial charge in [-0.05, 0) is 62.4 Å². The van der Waals surface area contributed by atoms with Gasteiger partial charge in [0.25, 0.3) is 5.91 Å². The van der Waals surface area contributed by atoms with Gasteiger partial charge >= 0.3 is 0 Å². The molecule has 1 unspecified atom stereocenters. The summed E-state index contributed by atoms with van der Waals surface area (Å²) in [6.07, 6.45) is 4.52. The third-order valence-corrected chi connectivity index (χ3v) is 4.15. The second kappa shape index (κ2) is 7.74. The summed E-state index contributed by atoms with van der Waals surface area (Å²) in [5.74, 6) is 0.0223. The molecule has 3 heteroatoms. The predicted octanol–water partition coefficient (Wildman–Crippen LogP) is 3.84. The molecule has 1 aromatic carbocycles. The number of benzene rings is 1. The molecule has 0 bridgehead atoms. The minimum Gasteiger partial charge on any atom is -0.349 e. The lowest BCUT2D eigenvalue weighted by Crippen LogP contribution is -2.35. The summed E-state index contributed by atoms with van der Waals surface area (Å²) in [5.41, 5.74) is 4.05. The molecule has 1 atom stereocenters. The van der Waals surface area contributed by atoms with Crippen molar-refractivity contribution < 1.29 is 4.79 Å². The monoisotopic (exact) mass is 296 g/mol. The Morgan fingerprint density at radius 3 is 2.68 bits per heavy atom. The van der Waals surface area contributed by atoms with Crippen molar-refractivity contribution in [1.82, 2.24) is 10.3 Å². The van der Waals surface area contributed by atoms with Gasteiger partial charge in [-0.15, -0.1) is 0 Å². The first-order valence-electron chi connectivity index (χ1n) is 7.88. The fraction of sp³-hybridized carbons (Fsp3) is 0.368. The number of pyridine rings is 1. The number of hydrogen-bond donors (Lipinski definition) is 1. The molecule has 1 heterocycles. The lowest BCUT2D eigenvalue weighted by Gasteiger charge is -2.18. The van der Waals surface area contributed by atoms with Crippen molar-refractivity contribution in [3.8, 4) is 0 Å². The maximum absolute atomic E-state index is 12.5. The van der Waals surface area contributed by atoms with Gasteiger partial charge in [-0.25, -0.2) is 0 Å². The Balaban J connectivity index is 1.97. The summed E-state index contributed by atoms with van der Waals surface area (Å²) in [6, 6.07) is 12.0. The molecule has 0 saturated heterocycles. The number of aryl methyl sites for hydroxylation is 2. The molecule has 0 aliphatic carbocycles. The van der Waals surface area contributed by atoms with E-state index in [1.165, 1.54) is 0 Å². The molecule has 0 spiro atoms. The molecule has 3 nitrogen and oxygen atoms in total. The van der Waals surface area contributed by atoms with E-state index < -0.39 is 0 Å². The van der Waals surface area contributed by atoms with Gasteiger partial charge in [-0.2, -0.15) is 0 Å². The minimum absolute atomic E-state index is 0.0223. The summed E-state index contributed by atoms with van der Waals surface area (Å²) < 4.78 is 0. The normalized spacial score (nSPS) is 12.0. The number of nitrogens with one attached hydrogen (secondary N) is 1. The van der Waals surface area contributed by atoms with E-state index in [1.54, 1.807) is 0 Å². The van der Waals surface area contributed by atoms with E-state index in [-0.39, 0.29) is 11.9 Å². The maximum Gasteiger partial charge on any atom is 0.251 e. The molecule has 1 amide bonds. The molecule has 1 N–H and O–H groups in total. The van der Waals surface area contributed by atoms with Gasteiger partial charge in [0.05, 0.1) is 0 Å². The zero-order valence-electron chi connectivity index (χ0n) is 13.6. The number of hydrogen-bond acceptors (Lipinski definition) is 2. The van der Waals surface area contributed by atoms with Gasteiger partial charge < -0.3 is 5.32 Å². The van der Waals surface area contributed by atoms with Crippen LogP contribution in [0.2, 0.25) is 0 Å². The van der Waals surface area contributed by atoms with Crippen molar-refractivity contribution in [3.05, 3.63) is 65.0 Å². The number of aromatic nitrogens is 1. The van der Waals surface area contributed by atoms with Crippen molar-refractivity contribution in [2.24, 2.45) is 0 Å². The molecule has 22 heavy (non-hydrogen) atoms. The van der Waals surface area contributed by atoms with Crippen LogP contribution in [0.4, 0.5) is 0 Å². The Morgan fingerprint density at radius 2 is 2.00 bits per heavy atom. The Labute approximate surface area is 132 Å². The van der Waals surface area contributed by atoms with E-state index in [9.17, 15) is 4.79 Å². The lowest BCUT2D eigenvalue weighted by molar-refractivity contribution is 0.0933. The molecule has 0 aliphatic heterocycles. The first kappa shape index (κ1) is 16.2. The Hall–Kier alpha value is -2.16. The molecular weight excluding hydrogens is 272 g/mol. The average Bonchev–Trinajstić information content (AvgIpc) is 2.54. The molecule has 2 aromatic rings. The average molecular weight is 296 g/mol. The molecular formula is C19H24N2O. The van der Waals surface area contributed by atoms with E-state index in [4.69, 9.17) is 0 Å². The van der Waals surface area contributed by atoms with E-state index in [0.717, 1.165) is 41.6 Å². The van der Waals surface area contributed by atoms with E-state index in [0.29, 0.717) is 0 Å². The highest BCUT2D eigenvalue weighted by Crippen LogP contribution is 2.13. The first-order valence-corrected chi connectivity index (χ1v) is 7.88. The summed E-state index contributed by atoms with van der Waals surface area (Å²) in [4.78, 5) is 16.8. The Morgan fingerprint density at radius 1 is 1.18 bits per heavy atom. The van der Waals surface area contributed by atoms with Crippen LogP contribution in [0.3, 0.4) is 0 Å². The van der Waals surface area contributed by atoms with Crippen LogP contribution >= 0.6 is 0 Å². The number of amides is 1. The quantitative estimate of drug-likeness (QED) is 0.880. The number of carbonyl (C=O) groups excluding carboxylic acids is 1. The highest BCUT2D eigenvalue weighted by molar-refractivity contribution is 5.96. The zero-order chi connectivity index (χ0) is 15.9. The van der Waals surface area contributed by atoms with Gasteiger partial charge in [0.1, 0.15) is 0 Å². The summed E-state index contributed by atoms with van der Waals surface area (Å²) in [7, 11) is 0. The Bertz CT molecular complexity index is 623. The van der Waals surface area contributed by atoms with E-state index >= 15 is 0 Å². The summed E-state index contributed by atoms with van der Waals surface area (Å²) >= 11 is 0. The van der Waals surface area contributed by atoms with Crippen LogP contribution in [0, 0.1) is 13.8 Å². The summed E-state index contributed by atoms with van der Waals surface area (Å²) in [5, 5.41) is 3.15. The number of rotatable bonds is 6. The van der Waals surface area contributed by atoms with Crippen molar-refractivity contribution in [3.63, 3.8) is 0 Å². The molecule has 0 fully saturated rings. The van der Waals surface area contributed by atoms with Gasteiger partial charge in [0.15, 0.2) is 0 Å². The van der Waals surface area contributed by atoms with Crippen molar-refractivity contribution >= 4 is 5.91 Å². The standard InChI is InChI=1S/C19H24N2O/c1-4-16(11-12-17-9-5-6-13-20-17)21-19(22)18-10-7-8-14(2)15(18)3/h5-10,13,16H,4,11-12H2,1-3H3,(H,21,22). The molecule has 0 radical (unpaired) electrons. The minimum atomic E-state index is 0.0223. The molecule has 2 rings (SSSR count). The largest absolute Gasteiger partial charge is 0.349 e. The predicted molar refractivity (Wildman–Crippen MR) is 90.0 cm³/mol. The molecule has 1 aromatic heterocycles. The number of nitrogens with zero attached hydrogens (tertiary/aromatic N) is 1. The van der Waals surface area contributed by atoms with Crippen LogP contribution in [-0.2, 0) is 6.42 Å². The van der Waals surface area contributed by atoms with Gasteiger partial charge in [-0.1, -0.05) is 25.1 Å². The fourth-order valence-electron chi connectivity index (χ4n) is 2.51. The van der Waals surface area contributed by atoms with Crippen LogP contribution < -0.4 is 5.32 Å². The zero-order valence-corrected chi connectivity index (χ0v) is 13.6. The van der Waals surface area contributed by atoms with Crippen LogP contribution in [0.5, 0.6) is 0 Å². The first-order chi connectivity index (χ1) is 10.6. The van der Waals surface area contributed by atoms with Gasteiger partial charge in [0, 0.05) is 23.5 Å². The second-order valence-corrected chi connectivity index (χ2v) is 5.69. The third-order valence-electron chi connectivity index (χ3n) is 4.15. The van der Waals surface area contributed by atoms with Gasteiger partial charge in [-0.3, -0.25) is 9.78 Å². The second-order valence-electron chi connectivity index (χ2n) is 5.69. The van der Waals surface area contributed by atoms with Crippen LogP contribution in [0.25, 0.3) is 0 Å². The van der Waals surface area contributed by atoms with Crippen molar-refractivity contribution in [2.45, 2.75) is 46.1 Å². The van der Waals surface area contributed by atoms with Crippen LogP contribution in [-0.4, -0.2) is 16.9 Å². The highest BCUT2D eigenvalue weighted by Gasteiger charge is 2.14. The smallest absolute Gasteiger partial charge is 0.251 e. The molecule has 0 aliphatic rings. The van der Waals surface area contributed by atoms with Crippen molar-refractivity contribution in [2.75, 3.05) is 0 Å². The Kier molecular flexibility index (Phi) is 5.70. The van der Waals surface area contributed by atoms with E-state index in [1.807, 2.05) is 56.4 Å². The molecule has 116 valence electrons. The van der Waals surface area contributed by atoms with Gasteiger partial charge in [0.2, 0.25) is 0 Å². The maximum atomic E-state index is 12.5. The SMILES string of the molecule is CCC(CCc1ccccn1)NC(=O)c1cccc(C)c1C. The van der Waals surface area contributed by atoms with Crippen LogP contribution in [0.15, 0.2) is 42.6 Å². The number of carbonyl (C=O) groups is 1.